The predicted molar refractivity (Wildman–Crippen MR) is 89.6 cm³/mol. The Morgan fingerprint density at radius 2 is 1.50 bits per heavy atom. The van der Waals surface area contributed by atoms with Gasteiger partial charge in [0.25, 0.3) is 0 Å². The molecule has 0 bridgehead atoms. The van der Waals surface area contributed by atoms with Gasteiger partial charge in [0, 0.05) is 25.8 Å². The molecule has 2 nitrogen and oxygen atoms in total. The van der Waals surface area contributed by atoms with E-state index in [1.807, 2.05) is 37.3 Å². The smallest absolute Gasteiger partial charge is 0.138 e. The van der Waals surface area contributed by atoms with Crippen LogP contribution in [0.5, 0.6) is 0 Å². The van der Waals surface area contributed by atoms with Crippen LogP contribution in [-0.2, 0) is 0 Å². The molecule has 0 aliphatic rings. The van der Waals surface area contributed by atoms with Gasteiger partial charge in [-0.25, -0.2) is 4.98 Å². The van der Waals surface area contributed by atoms with Gasteiger partial charge >= 0.3 is 0 Å². The van der Waals surface area contributed by atoms with Crippen molar-refractivity contribution in [3.05, 3.63) is 63.2 Å². The summed E-state index contributed by atoms with van der Waals surface area (Å²) >= 11 is 6.99. The summed E-state index contributed by atoms with van der Waals surface area (Å²) in [5.74, 6) is 0.888. The van der Waals surface area contributed by atoms with Crippen LogP contribution in [-0.4, -0.2) is 9.97 Å². The third kappa shape index (κ3) is 2.72. The first kappa shape index (κ1) is 13.6. The minimum Gasteiger partial charge on any atom is -0.342 e. The van der Waals surface area contributed by atoms with E-state index in [0.29, 0.717) is 0 Å². The van der Waals surface area contributed by atoms with Crippen molar-refractivity contribution < 1.29 is 0 Å². The Hall–Kier alpha value is -1.39. The highest BCUT2D eigenvalue weighted by molar-refractivity contribution is 9.10. The molecule has 0 radical (unpaired) electrons. The summed E-state index contributed by atoms with van der Waals surface area (Å²) in [5.41, 5.74) is 4.23. The molecular weight excluding hydrogens is 380 g/mol. The topological polar surface area (TPSA) is 28.7 Å². The van der Waals surface area contributed by atoms with Gasteiger partial charge in [-0.2, -0.15) is 0 Å². The first-order chi connectivity index (χ1) is 9.63. The summed E-state index contributed by atoms with van der Waals surface area (Å²) in [7, 11) is 0. The normalized spacial score (nSPS) is 10.8. The number of hydrogen-bond acceptors (Lipinski definition) is 1. The van der Waals surface area contributed by atoms with E-state index < -0.39 is 0 Å². The van der Waals surface area contributed by atoms with E-state index in [2.05, 4.69) is 55.0 Å². The third-order valence-corrected chi connectivity index (χ3v) is 4.07. The zero-order valence-corrected chi connectivity index (χ0v) is 14.0. The van der Waals surface area contributed by atoms with Crippen molar-refractivity contribution in [1.82, 2.24) is 9.97 Å². The van der Waals surface area contributed by atoms with Gasteiger partial charge in [0.05, 0.1) is 5.69 Å². The number of hydrogen-bond donors (Lipinski definition) is 1. The van der Waals surface area contributed by atoms with E-state index in [1.54, 1.807) is 0 Å². The van der Waals surface area contributed by atoms with Gasteiger partial charge in [-0.15, -0.1) is 0 Å². The van der Waals surface area contributed by atoms with E-state index >= 15 is 0 Å². The molecule has 1 aromatic heterocycles. The van der Waals surface area contributed by atoms with Crippen molar-refractivity contribution in [1.29, 1.82) is 0 Å². The predicted octanol–water partition coefficient (Wildman–Crippen LogP) is 5.58. The van der Waals surface area contributed by atoms with Gasteiger partial charge < -0.3 is 4.98 Å². The third-order valence-electron chi connectivity index (χ3n) is 3.08. The summed E-state index contributed by atoms with van der Waals surface area (Å²) < 4.78 is 2.11. The number of rotatable bonds is 2. The fraction of sp³-hybridized carbons (Fsp3) is 0.0625. The number of aromatic amines is 1. The first-order valence-electron chi connectivity index (χ1n) is 6.22. The number of H-pyrrole nitrogens is 1. The molecule has 1 N–H and O–H groups in total. The minimum absolute atomic E-state index is 0.888. The van der Waals surface area contributed by atoms with Crippen LogP contribution in [0.15, 0.2) is 57.5 Å². The molecule has 0 spiro atoms. The van der Waals surface area contributed by atoms with Crippen LogP contribution in [0.4, 0.5) is 0 Å². The lowest BCUT2D eigenvalue weighted by atomic mass is 10.1. The molecule has 0 amide bonds. The Morgan fingerprint density at radius 1 is 0.900 bits per heavy atom. The van der Waals surface area contributed by atoms with E-state index in [1.165, 1.54) is 0 Å². The first-order valence-corrected chi connectivity index (χ1v) is 7.80. The molecule has 1 heterocycles. The molecule has 3 aromatic rings. The van der Waals surface area contributed by atoms with Crippen LogP contribution in [0.25, 0.3) is 22.6 Å². The van der Waals surface area contributed by atoms with Gasteiger partial charge in [-0.05, 0) is 31.2 Å². The van der Waals surface area contributed by atoms with Gasteiger partial charge in [-0.3, -0.25) is 0 Å². The Morgan fingerprint density at radius 3 is 2.15 bits per heavy atom. The molecule has 0 fully saturated rings. The number of aromatic nitrogens is 2. The van der Waals surface area contributed by atoms with Crippen LogP contribution < -0.4 is 0 Å². The quantitative estimate of drug-likeness (QED) is 0.607. The highest BCUT2D eigenvalue weighted by Gasteiger charge is 2.10. The van der Waals surface area contributed by atoms with Crippen LogP contribution in [0.2, 0.25) is 0 Å². The molecule has 0 atom stereocenters. The largest absolute Gasteiger partial charge is 0.342 e. The molecule has 0 saturated carbocycles. The Bertz CT molecular complexity index is 763. The molecule has 100 valence electrons. The van der Waals surface area contributed by atoms with E-state index in [9.17, 15) is 0 Å². The van der Waals surface area contributed by atoms with Crippen LogP contribution in [0.3, 0.4) is 0 Å². The average Bonchev–Trinajstić information content (AvgIpc) is 2.81. The number of nitrogens with one attached hydrogen (secondary N) is 1. The molecule has 2 aromatic carbocycles. The minimum atomic E-state index is 0.888. The molecule has 0 unspecified atom stereocenters. The molecule has 0 aliphatic heterocycles. The standard InChI is InChI=1S/C16H12Br2N2/c1-10-15(11-4-2-6-13(17)8-11)20-16(19-10)12-5-3-7-14(18)9-12/h2-9H,1H3,(H,19,20). The van der Waals surface area contributed by atoms with E-state index in [-0.39, 0.29) is 0 Å². The maximum Gasteiger partial charge on any atom is 0.138 e. The van der Waals surface area contributed by atoms with Gasteiger partial charge in [0.1, 0.15) is 5.82 Å². The summed E-state index contributed by atoms with van der Waals surface area (Å²) in [5, 5.41) is 0. The second-order valence-corrected chi connectivity index (χ2v) is 6.41. The van der Waals surface area contributed by atoms with Crippen LogP contribution >= 0.6 is 31.9 Å². The van der Waals surface area contributed by atoms with Crippen molar-refractivity contribution >= 4 is 31.9 Å². The van der Waals surface area contributed by atoms with Crippen molar-refractivity contribution in [2.24, 2.45) is 0 Å². The lowest BCUT2D eigenvalue weighted by Gasteiger charge is -1.99. The zero-order chi connectivity index (χ0) is 14.1. The fourth-order valence-corrected chi connectivity index (χ4v) is 2.95. The average molecular weight is 392 g/mol. The Labute approximate surface area is 134 Å². The maximum absolute atomic E-state index is 4.74. The maximum atomic E-state index is 4.74. The Kier molecular flexibility index (Phi) is 3.76. The van der Waals surface area contributed by atoms with Crippen LogP contribution in [0.1, 0.15) is 5.69 Å². The molecular formula is C16H12Br2N2. The highest BCUT2D eigenvalue weighted by atomic mass is 79.9. The summed E-state index contributed by atoms with van der Waals surface area (Å²) in [4.78, 5) is 8.09. The molecule has 0 aliphatic carbocycles. The SMILES string of the molecule is Cc1[nH]c(-c2cccc(Br)c2)nc1-c1cccc(Br)c1. The lowest BCUT2D eigenvalue weighted by molar-refractivity contribution is 1.25. The lowest BCUT2D eigenvalue weighted by Crippen LogP contribution is -1.81. The number of halogens is 2. The van der Waals surface area contributed by atoms with E-state index in [4.69, 9.17) is 4.98 Å². The summed E-state index contributed by atoms with van der Waals surface area (Å²) in [6, 6.07) is 16.3. The van der Waals surface area contributed by atoms with Gasteiger partial charge in [-0.1, -0.05) is 56.1 Å². The molecule has 0 saturated heterocycles. The summed E-state index contributed by atoms with van der Waals surface area (Å²) in [6.45, 7) is 2.05. The number of aryl methyl sites for hydroxylation is 1. The van der Waals surface area contributed by atoms with Crippen LogP contribution in [0, 0.1) is 6.92 Å². The molecule has 20 heavy (non-hydrogen) atoms. The monoisotopic (exact) mass is 390 g/mol. The second-order valence-electron chi connectivity index (χ2n) is 4.58. The van der Waals surface area contributed by atoms with Gasteiger partial charge in [0.2, 0.25) is 0 Å². The number of benzene rings is 2. The number of imidazole rings is 1. The van der Waals surface area contributed by atoms with Gasteiger partial charge in [0.15, 0.2) is 0 Å². The highest BCUT2D eigenvalue weighted by Crippen LogP contribution is 2.28. The second kappa shape index (κ2) is 5.54. The van der Waals surface area contributed by atoms with Crippen molar-refractivity contribution in [2.45, 2.75) is 6.92 Å². The van der Waals surface area contributed by atoms with Crippen molar-refractivity contribution in [3.8, 4) is 22.6 Å². The molecule has 4 heteroatoms. The Balaban J connectivity index is 2.08. The zero-order valence-electron chi connectivity index (χ0n) is 10.8. The van der Waals surface area contributed by atoms with E-state index in [0.717, 1.165) is 37.3 Å². The fourth-order valence-electron chi connectivity index (χ4n) is 2.15. The molecule has 3 rings (SSSR count). The van der Waals surface area contributed by atoms with Crippen molar-refractivity contribution in [3.63, 3.8) is 0 Å². The summed E-state index contributed by atoms with van der Waals surface area (Å²) in [6.07, 6.45) is 0. The van der Waals surface area contributed by atoms with Crippen molar-refractivity contribution in [2.75, 3.05) is 0 Å². The number of nitrogens with zero attached hydrogens (tertiary/aromatic N) is 1.